The molecule has 2 rings (SSSR count). The van der Waals surface area contributed by atoms with Gasteiger partial charge in [-0.1, -0.05) is 6.92 Å². The Morgan fingerprint density at radius 1 is 1.62 bits per heavy atom. The molecule has 1 amide bonds. The summed E-state index contributed by atoms with van der Waals surface area (Å²) in [6.45, 7) is 4.65. The molecule has 16 heavy (non-hydrogen) atoms. The molecule has 1 N–H and O–H groups in total. The number of carbonyl (C=O) groups excluding carboxylic acids is 1. The molecular formula is C12H19N3O. The Labute approximate surface area is 96.6 Å². The van der Waals surface area contributed by atoms with Crippen molar-refractivity contribution in [1.82, 2.24) is 10.2 Å². The number of piperazine rings is 1. The van der Waals surface area contributed by atoms with Gasteiger partial charge in [-0.25, -0.2) is 0 Å². The van der Waals surface area contributed by atoms with Gasteiger partial charge in [0.05, 0.1) is 12.1 Å². The Bertz CT molecular complexity index is 317. The zero-order valence-corrected chi connectivity index (χ0v) is 9.83. The molecule has 0 spiro atoms. The molecule has 1 atom stereocenters. The second kappa shape index (κ2) is 4.42. The quantitative estimate of drug-likeness (QED) is 0.767. The monoisotopic (exact) mass is 221 g/mol. The lowest BCUT2D eigenvalue weighted by Crippen LogP contribution is -2.56. The van der Waals surface area contributed by atoms with Crippen LogP contribution in [0.1, 0.15) is 32.6 Å². The first kappa shape index (κ1) is 11.4. The third-order valence-corrected chi connectivity index (χ3v) is 3.78. The lowest BCUT2D eigenvalue weighted by molar-refractivity contribution is -0.129. The third-order valence-electron chi connectivity index (χ3n) is 3.78. The molecule has 1 unspecified atom stereocenters. The van der Waals surface area contributed by atoms with Gasteiger partial charge in [-0.05, 0) is 24.7 Å². The summed E-state index contributed by atoms with van der Waals surface area (Å²) in [5, 5.41) is 11.7. The Morgan fingerprint density at radius 3 is 2.94 bits per heavy atom. The van der Waals surface area contributed by atoms with E-state index in [-0.39, 0.29) is 17.4 Å². The van der Waals surface area contributed by atoms with Crippen molar-refractivity contribution < 1.29 is 4.79 Å². The molecule has 1 aliphatic carbocycles. The molecule has 1 heterocycles. The summed E-state index contributed by atoms with van der Waals surface area (Å²) in [6.07, 6.45) is 3.79. The van der Waals surface area contributed by atoms with Crippen molar-refractivity contribution in [3.05, 3.63) is 0 Å². The molecule has 88 valence electrons. The normalized spacial score (nSPS) is 28.2. The molecule has 0 aromatic carbocycles. The molecule has 0 bridgehead atoms. The highest BCUT2D eigenvalue weighted by molar-refractivity contribution is 5.82. The van der Waals surface area contributed by atoms with Gasteiger partial charge in [-0.15, -0.1) is 0 Å². The smallest absolute Gasteiger partial charge is 0.237 e. The minimum atomic E-state index is 0.0184. The molecule has 1 saturated heterocycles. The molecule has 1 saturated carbocycles. The molecular weight excluding hydrogens is 202 g/mol. The largest absolute Gasteiger partial charge is 0.353 e. The third kappa shape index (κ3) is 2.19. The molecule has 2 fully saturated rings. The number of nitrogens with one attached hydrogen (secondary N) is 1. The van der Waals surface area contributed by atoms with E-state index in [9.17, 15) is 4.79 Å². The Morgan fingerprint density at radius 2 is 2.38 bits per heavy atom. The molecule has 0 aromatic heterocycles. The van der Waals surface area contributed by atoms with E-state index < -0.39 is 0 Å². The number of hydrogen-bond donors (Lipinski definition) is 1. The molecule has 0 radical (unpaired) electrons. The number of hydrogen-bond acceptors (Lipinski definition) is 3. The van der Waals surface area contributed by atoms with Crippen LogP contribution in [0, 0.1) is 16.7 Å². The zero-order chi connectivity index (χ0) is 11.6. The zero-order valence-electron chi connectivity index (χ0n) is 9.83. The maximum atomic E-state index is 11.7. The average Bonchev–Trinajstić information content (AvgIpc) is 2.99. The molecule has 4 nitrogen and oxygen atoms in total. The number of nitrogens with zero attached hydrogens (tertiary/aromatic N) is 2. The first-order valence-electron chi connectivity index (χ1n) is 6.09. The van der Waals surface area contributed by atoms with Crippen molar-refractivity contribution in [2.75, 3.05) is 19.6 Å². The molecule has 0 aromatic rings. The van der Waals surface area contributed by atoms with Gasteiger partial charge in [0.25, 0.3) is 0 Å². The highest BCUT2D eigenvalue weighted by Crippen LogP contribution is 2.49. The van der Waals surface area contributed by atoms with E-state index in [0.717, 1.165) is 38.9 Å². The fourth-order valence-electron chi connectivity index (χ4n) is 2.56. The topological polar surface area (TPSA) is 56.1 Å². The van der Waals surface area contributed by atoms with Gasteiger partial charge in [0.1, 0.15) is 0 Å². The predicted molar refractivity (Wildman–Crippen MR) is 60.6 cm³/mol. The van der Waals surface area contributed by atoms with E-state index in [1.54, 1.807) is 0 Å². The predicted octanol–water partition coefficient (Wildman–Crippen LogP) is 0.891. The van der Waals surface area contributed by atoms with Crippen LogP contribution in [0.15, 0.2) is 0 Å². The van der Waals surface area contributed by atoms with E-state index in [2.05, 4.69) is 16.3 Å². The standard InChI is InChI=1S/C12H19N3O/c1-2-10-11(16)14-7-8-15(10)9-12(3-4-12)5-6-13/h10H,2-5,7-9H2,1H3,(H,14,16). The van der Waals surface area contributed by atoms with Gasteiger partial charge >= 0.3 is 0 Å². The van der Waals surface area contributed by atoms with Crippen molar-refractivity contribution in [2.45, 2.75) is 38.6 Å². The molecule has 2 aliphatic rings. The summed E-state index contributed by atoms with van der Waals surface area (Å²) in [7, 11) is 0. The lowest BCUT2D eigenvalue weighted by Gasteiger charge is -2.36. The first-order valence-corrected chi connectivity index (χ1v) is 6.09. The SMILES string of the molecule is CCC1C(=O)NCCN1CC1(CC#N)CC1. The minimum absolute atomic E-state index is 0.0184. The van der Waals surface area contributed by atoms with Crippen LogP contribution in [-0.2, 0) is 4.79 Å². The van der Waals surface area contributed by atoms with Gasteiger partial charge in [0.2, 0.25) is 5.91 Å². The van der Waals surface area contributed by atoms with E-state index in [4.69, 9.17) is 5.26 Å². The number of carbonyl (C=O) groups is 1. The van der Waals surface area contributed by atoms with E-state index in [1.165, 1.54) is 0 Å². The van der Waals surface area contributed by atoms with Crippen LogP contribution >= 0.6 is 0 Å². The van der Waals surface area contributed by atoms with Crippen LogP contribution in [0.5, 0.6) is 0 Å². The summed E-state index contributed by atoms with van der Waals surface area (Å²) >= 11 is 0. The number of nitriles is 1. The Hall–Kier alpha value is -1.08. The van der Waals surface area contributed by atoms with Gasteiger partial charge in [-0.2, -0.15) is 5.26 Å². The second-order valence-corrected chi connectivity index (χ2v) is 5.02. The summed E-state index contributed by atoms with van der Waals surface area (Å²) in [5.41, 5.74) is 0.208. The van der Waals surface area contributed by atoms with Gasteiger partial charge in [0, 0.05) is 26.1 Å². The lowest BCUT2D eigenvalue weighted by atomic mass is 10.00. The van der Waals surface area contributed by atoms with Crippen molar-refractivity contribution >= 4 is 5.91 Å². The van der Waals surface area contributed by atoms with E-state index in [1.807, 2.05) is 6.92 Å². The van der Waals surface area contributed by atoms with Crippen molar-refractivity contribution in [2.24, 2.45) is 5.41 Å². The van der Waals surface area contributed by atoms with Crippen molar-refractivity contribution in [1.29, 1.82) is 5.26 Å². The molecule has 4 heteroatoms. The highest BCUT2D eigenvalue weighted by atomic mass is 16.2. The van der Waals surface area contributed by atoms with Crippen LogP contribution in [0.3, 0.4) is 0 Å². The van der Waals surface area contributed by atoms with Crippen molar-refractivity contribution in [3.8, 4) is 6.07 Å². The van der Waals surface area contributed by atoms with E-state index >= 15 is 0 Å². The van der Waals surface area contributed by atoms with Crippen LogP contribution in [0.4, 0.5) is 0 Å². The van der Waals surface area contributed by atoms with E-state index in [0.29, 0.717) is 6.42 Å². The summed E-state index contributed by atoms with van der Waals surface area (Å²) in [5.74, 6) is 0.154. The molecule has 1 aliphatic heterocycles. The average molecular weight is 221 g/mol. The van der Waals surface area contributed by atoms with Gasteiger partial charge in [0.15, 0.2) is 0 Å². The minimum Gasteiger partial charge on any atom is -0.353 e. The highest BCUT2D eigenvalue weighted by Gasteiger charge is 2.45. The Kier molecular flexibility index (Phi) is 3.15. The van der Waals surface area contributed by atoms with Crippen LogP contribution < -0.4 is 5.32 Å². The summed E-state index contributed by atoms with van der Waals surface area (Å²) < 4.78 is 0. The van der Waals surface area contributed by atoms with Crippen LogP contribution in [0.2, 0.25) is 0 Å². The second-order valence-electron chi connectivity index (χ2n) is 5.02. The fraction of sp³-hybridized carbons (Fsp3) is 0.833. The van der Waals surface area contributed by atoms with Crippen LogP contribution in [-0.4, -0.2) is 36.5 Å². The summed E-state index contributed by atoms with van der Waals surface area (Å²) in [4.78, 5) is 13.9. The number of rotatable bonds is 4. The number of amides is 1. The van der Waals surface area contributed by atoms with Gasteiger partial charge in [-0.3, -0.25) is 9.69 Å². The Balaban J connectivity index is 1.98. The van der Waals surface area contributed by atoms with Crippen LogP contribution in [0.25, 0.3) is 0 Å². The fourth-order valence-corrected chi connectivity index (χ4v) is 2.56. The maximum absolute atomic E-state index is 11.7. The maximum Gasteiger partial charge on any atom is 0.237 e. The summed E-state index contributed by atoms with van der Waals surface area (Å²) in [6, 6.07) is 2.30. The first-order chi connectivity index (χ1) is 7.71. The van der Waals surface area contributed by atoms with Crippen molar-refractivity contribution in [3.63, 3.8) is 0 Å². The van der Waals surface area contributed by atoms with Gasteiger partial charge < -0.3 is 5.32 Å².